The Hall–Kier alpha value is -2.46. The van der Waals surface area contributed by atoms with Gasteiger partial charge < -0.3 is 9.67 Å². The first kappa shape index (κ1) is 12.1. The van der Waals surface area contributed by atoms with Crippen LogP contribution in [-0.2, 0) is 6.42 Å². The Labute approximate surface area is 128 Å². The quantitative estimate of drug-likeness (QED) is 0.749. The van der Waals surface area contributed by atoms with Crippen LogP contribution in [0.1, 0.15) is 28.8 Å². The van der Waals surface area contributed by atoms with Crippen molar-refractivity contribution >= 4 is 0 Å². The molecule has 0 spiro atoms. The molecular formula is C18H15N3O. The van der Waals surface area contributed by atoms with E-state index in [1.807, 2.05) is 18.6 Å². The van der Waals surface area contributed by atoms with Gasteiger partial charge >= 0.3 is 0 Å². The topological polar surface area (TPSA) is 50.9 Å². The van der Waals surface area contributed by atoms with Crippen LogP contribution in [0, 0.1) is 5.92 Å². The number of pyridine rings is 1. The number of nitrogens with zero attached hydrogens (tertiary/aromatic N) is 3. The average Bonchev–Trinajstić information content (AvgIpc) is 3.21. The van der Waals surface area contributed by atoms with Crippen molar-refractivity contribution in [2.45, 2.75) is 18.6 Å². The summed E-state index contributed by atoms with van der Waals surface area (Å²) in [5, 5.41) is 10.8. The summed E-state index contributed by atoms with van der Waals surface area (Å²) in [6, 6.07) is 10.6. The minimum atomic E-state index is -0.477. The second-order valence-corrected chi connectivity index (χ2v) is 6.11. The summed E-state index contributed by atoms with van der Waals surface area (Å²) in [5.41, 5.74) is 5.83. The molecule has 3 aromatic rings. The summed E-state index contributed by atoms with van der Waals surface area (Å²) < 4.78 is 2.21. The molecule has 0 bridgehead atoms. The normalized spacial score (nSPS) is 24.9. The number of fused-ring (bicyclic) bond motifs is 4. The summed E-state index contributed by atoms with van der Waals surface area (Å²) in [5.74, 6) is 0.121. The number of aliphatic hydroxyl groups is 1. The number of hydrogen-bond donors (Lipinski definition) is 1. The first-order chi connectivity index (χ1) is 10.8. The molecule has 2 aromatic heterocycles. The molecule has 0 saturated heterocycles. The van der Waals surface area contributed by atoms with E-state index in [-0.39, 0.29) is 12.0 Å². The van der Waals surface area contributed by atoms with Gasteiger partial charge in [0.2, 0.25) is 0 Å². The van der Waals surface area contributed by atoms with E-state index in [1.54, 1.807) is 12.4 Å². The Bertz CT molecular complexity index is 870. The van der Waals surface area contributed by atoms with Gasteiger partial charge in [-0.1, -0.05) is 24.3 Å². The Morgan fingerprint density at radius 2 is 1.95 bits per heavy atom. The molecule has 0 amide bonds. The van der Waals surface area contributed by atoms with Crippen LogP contribution in [0.3, 0.4) is 0 Å². The smallest absolute Gasteiger partial charge is 0.0956 e. The molecular weight excluding hydrogens is 274 g/mol. The molecule has 3 heterocycles. The third-order valence-corrected chi connectivity index (χ3v) is 5.05. The largest absolute Gasteiger partial charge is 0.388 e. The third-order valence-electron chi connectivity index (χ3n) is 5.05. The zero-order chi connectivity index (χ0) is 14.7. The predicted octanol–water partition coefficient (Wildman–Crippen LogP) is 2.75. The van der Waals surface area contributed by atoms with E-state index >= 15 is 0 Å². The van der Waals surface area contributed by atoms with E-state index in [9.17, 15) is 5.11 Å². The molecule has 0 radical (unpaired) electrons. The molecule has 1 N–H and O–H groups in total. The van der Waals surface area contributed by atoms with Gasteiger partial charge in [-0.05, 0) is 23.6 Å². The number of imidazole rings is 1. The van der Waals surface area contributed by atoms with Gasteiger partial charge in [0.15, 0.2) is 0 Å². The van der Waals surface area contributed by atoms with Crippen LogP contribution >= 0.6 is 0 Å². The average molecular weight is 289 g/mol. The van der Waals surface area contributed by atoms with Gasteiger partial charge in [0, 0.05) is 29.4 Å². The van der Waals surface area contributed by atoms with Crippen LogP contribution in [-0.4, -0.2) is 19.6 Å². The van der Waals surface area contributed by atoms with Crippen molar-refractivity contribution in [3.05, 3.63) is 71.9 Å². The van der Waals surface area contributed by atoms with Crippen molar-refractivity contribution < 1.29 is 5.11 Å². The molecule has 3 atom stereocenters. The predicted molar refractivity (Wildman–Crippen MR) is 82.2 cm³/mol. The lowest BCUT2D eigenvalue weighted by Crippen LogP contribution is -2.21. The summed E-state index contributed by atoms with van der Waals surface area (Å²) in [7, 11) is 0. The first-order valence-electron chi connectivity index (χ1n) is 7.56. The minimum absolute atomic E-state index is 0.121. The molecule has 5 rings (SSSR count). The fraction of sp³-hybridized carbons (Fsp3) is 0.222. The maximum absolute atomic E-state index is 10.8. The monoisotopic (exact) mass is 289 g/mol. The highest BCUT2D eigenvalue weighted by Gasteiger charge is 2.42. The van der Waals surface area contributed by atoms with Crippen LogP contribution in [0.15, 0.2) is 55.2 Å². The molecule has 4 heteroatoms. The number of aromatic nitrogens is 3. The highest BCUT2D eigenvalue weighted by atomic mass is 16.3. The standard InChI is InChI=1S/C18H15N3O/c22-18-14(7-11-5-6-19-8-15(11)18)17-13-4-2-1-3-12(13)16-9-20-10-21(16)17/h1-6,8-10,14,17-18,22H,7H2/t14-,17+,18+/m0/s1. The van der Waals surface area contributed by atoms with Crippen LogP contribution < -0.4 is 0 Å². The Kier molecular flexibility index (Phi) is 2.35. The van der Waals surface area contributed by atoms with Crippen molar-refractivity contribution in [2.75, 3.05) is 0 Å². The van der Waals surface area contributed by atoms with Gasteiger partial charge in [-0.3, -0.25) is 4.98 Å². The molecule has 0 saturated carbocycles. The molecule has 1 aromatic carbocycles. The maximum Gasteiger partial charge on any atom is 0.0956 e. The van der Waals surface area contributed by atoms with Crippen molar-refractivity contribution in [1.82, 2.24) is 14.5 Å². The van der Waals surface area contributed by atoms with Crippen LogP contribution in [0.4, 0.5) is 0 Å². The summed E-state index contributed by atoms with van der Waals surface area (Å²) in [6.45, 7) is 0. The third kappa shape index (κ3) is 1.45. The lowest BCUT2D eigenvalue weighted by molar-refractivity contribution is 0.101. The van der Waals surface area contributed by atoms with Crippen molar-refractivity contribution in [1.29, 1.82) is 0 Å². The fourth-order valence-corrected chi connectivity index (χ4v) is 4.08. The number of benzene rings is 1. The number of hydrogen-bond acceptors (Lipinski definition) is 3. The van der Waals surface area contributed by atoms with E-state index < -0.39 is 6.10 Å². The van der Waals surface area contributed by atoms with Gasteiger partial charge in [0.1, 0.15) is 0 Å². The van der Waals surface area contributed by atoms with E-state index in [0.717, 1.165) is 17.7 Å². The molecule has 4 nitrogen and oxygen atoms in total. The van der Waals surface area contributed by atoms with Crippen LogP contribution in [0.25, 0.3) is 11.3 Å². The van der Waals surface area contributed by atoms with Gasteiger partial charge in [-0.2, -0.15) is 0 Å². The zero-order valence-corrected chi connectivity index (χ0v) is 11.9. The van der Waals surface area contributed by atoms with Crippen molar-refractivity contribution in [2.24, 2.45) is 5.92 Å². The van der Waals surface area contributed by atoms with E-state index in [4.69, 9.17) is 0 Å². The summed E-state index contributed by atoms with van der Waals surface area (Å²) >= 11 is 0. The van der Waals surface area contributed by atoms with E-state index in [0.29, 0.717) is 0 Å². The zero-order valence-electron chi connectivity index (χ0n) is 11.9. The Balaban J connectivity index is 1.66. The fourth-order valence-electron chi connectivity index (χ4n) is 4.08. The first-order valence-corrected chi connectivity index (χ1v) is 7.56. The van der Waals surface area contributed by atoms with E-state index in [1.165, 1.54) is 16.7 Å². The second-order valence-electron chi connectivity index (χ2n) is 6.11. The van der Waals surface area contributed by atoms with Gasteiger partial charge in [-0.25, -0.2) is 4.98 Å². The molecule has 108 valence electrons. The second kappa shape index (κ2) is 4.27. The minimum Gasteiger partial charge on any atom is -0.388 e. The Morgan fingerprint density at radius 3 is 2.86 bits per heavy atom. The summed E-state index contributed by atoms with van der Waals surface area (Å²) in [4.78, 5) is 8.47. The molecule has 1 aliphatic carbocycles. The Morgan fingerprint density at radius 1 is 1.05 bits per heavy atom. The van der Waals surface area contributed by atoms with Crippen molar-refractivity contribution in [3.63, 3.8) is 0 Å². The summed E-state index contributed by atoms with van der Waals surface area (Å²) in [6.07, 6.45) is 7.79. The lowest BCUT2D eigenvalue weighted by atomic mass is 9.88. The van der Waals surface area contributed by atoms with Crippen LogP contribution in [0.2, 0.25) is 0 Å². The molecule has 0 unspecified atom stereocenters. The van der Waals surface area contributed by atoms with Gasteiger partial charge in [0.25, 0.3) is 0 Å². The van der Waals surface area contributed by atoms with Gasteiger partial charge in [-0.15, -0.1) is 0 Å². The van der Waals surface area contributed by atoms with E-state index in [2.05, 4.69) is 38.8 Å². The molecule has 22 heavy (non-hydrogen) atoms. The number of rotatable bonds is 1. The molecule has 2 aliphatic rings. The highest BCUT2D eigenvalue weighted by Crippen LogP contribution is 2.50. The highest BCUT2D eigenvalue weighted by molar-refractivity contribution is 5.69. The van der Waals surface area contributed by atoms with Crippen molar-refractivity contribution in [3.8, 4) is 11.3 Å². The maximum atomic E-state index is 10.8. The lowest BCUT2D eigenvalue weighted by Gasteiger charge is -2.25. The van der Waals surface area contributed by atoms with Crippen LogP contribution in [0.5, 0.6) is 0 Å². The molecule has 0 fully saturated rings. The molecule has 1 aliphatic heterocycles. The number of aliphatic hydroxyl groups excluding tert-OH is 1. The van der Waals surface area contributed by atoms with Gasteiger partial charge in [0.05, 0.1) is 30.4 Å². The SMILES string of the molecule is O[C@H]1c2cnccc2C[C@H]1[C@H]1c2ccccc2-c2cncn21.